The minimum absolute atomic E-state index is 0. The van der Waals surface area contributed by atoms with Crippen molar-refractivity contribution in [3.8, 4) is 0 Å². The molecule has 1 heterocycles. The molecular weight excluding hydrogens is 357 g/mol. The van der Waals surface area contributed by atoms with Gasteiger partial charge in [0.05, 0.1) is 0 Å². The van der Waals surface area contributed by atoms with Crippen LogP contribution < -0.4 is 11.1 Å². The third-order valence-electron chi connectivity index (χ3n) is 2.51. The van der Waals surface area contributed by atoms with Crippen LogP contribution in [0.25, 0.3) is 0 Å². The number of hydrogen-bond donors (Lipinski definition) is 2. The van der Waals surface area contributed by atoms with E-state index in [1.807, 2.05) is 0 Å². The first-order valence-electron chi connectivity index (χ1n) is 6.55. The molecule has 1 aromatic rings. The summed E-state index contributed by atoms with van der Waals surface area (Å²) < 4.78 is 4.99. The molecular formula is C12H24IN5O. The summed E-state index contributed by atoms with van der Waals surface area (Å²) in [4.78, 5) is 8.35. The summed E-state index contributed by atoms with van der Waals surface area (Å²) in [7, 11) is 0. The highest BCUT2D eigenvalue weighted by Gasteiger charge is 2.01. The molecule has 0 bridgehead atoms. The van der Waals surface area contributed by atoms with E-state index in [1.54, 1.807) is 6.92 Å². The smallest absolute Gasteiger partial charge is 0.228 e. The van der Waals surface area contributed by atoms with Crippen molar-refractivity contribution in [2.24, 2.45) is 10.7 Å². The van der Waals surface area contributed by atoms with Crippen LogP contribution in [0.5, 0.6) is 0 Å². The fraction of sp³-hybridized carbons (Fsp3) is 0.750. The predicted molar refractivity (Wildman–Crippen MR) is 86.8 cm³/mol. The lowest BCUT2D eigenvalue weighted by Gasteiger charge is -2.03. The van der Waals surface area contributed by atoms with Crippen LogP contribution in [-0.2, 0) is 6.42 Å². The molecule has 6 nitrogen and oxygen atoms in total. The normalized spacial score (nSPS) is 11.2. The monoisotopic (exact) mass is 381 g/mol. The molecule has 7 heteroatoms. The second-order valence-electron chi connectivity index (χ2n) is 4.24. The minimum Gasteiger partial charge on any atom is -0.370 e. The molecule has 0 unspecified atom stereocenters. The van der Waals surface area contributed by atoms with Crippen molar-refractivity contribution in [3.05, 3.63) is 11.7 Å². The van der Waals surface area contributed by atoms with Crippen LogP contribution in [0.2, 0.25) is 0 Å². The van der Waals surface area contributed by atoms with Gasteiger partial charge < -0.3 is 15.6 Å². The molecule has 1 rings (SSSR count). The summed E-state index contributed by atoms with van der Waals surface area (Å²) in [6.45, 7) is 5.44. The Morgan fingerprint density at radius 1 is 1.37 bits per heavy atom. The lowest BCUT2D eigenvalue weighted by molar-refractivity contribution is 0.374. The largest absolute Gasteiger partial charge is 0.370 e. The zero-order valence-corrected chi connectivity index (χ0v) is 14.0. The number of nitrogens with two attached hydrogens (primary N) is 1. The summed E-state index contributed by atoms with van der Waals surface area (Å²) in [5.74, 6) is 1.76. The van der Waals surface area contributed by atoms with E-state index in [-0.39, 0.29) is 24.0 Å². The van der Waals surface area contributed by atoms with Crippen LogP contribution in [0.4, 0.5) is 0 Å². The van der Waals surface area contributed by atoms with Crippen LogP contribution >= 0.6 is 24.0 Å². The van der Waals surface area contributed by atoms with Crippen molar-refractivity contribution in [1.29, 1.82) is 0 Å². The number of nitrogens with zero attached hydrogens (tertiary/aromatic N) is 3. The molecule has 0 amide bonds. The number of rotatable bonds is 8. The second-order valence-corrected chi connectivity index (χ2v) is 4.24. The fourth-order valence-electron chi connectivity index (χ4n) is 1.53. The van der Waals surface area contributed by atoms with Gasteiger partial charge in [0, 0.05) is 19.5 Å². The summed E-state index contributed by atoms with van der Waals surface area (Å²) in [6, 6.07) is 0. The van der Waals surface area contributed by atoms with E-state index in [2.05, 4.69) is 27.4 Å². The van der Waals surface area contributed by atoms with Crippen molar-refractivity contribution in [2.45, 2.75) is 46.0 Å². The number of nitrogens with one attached hydrogen (secondary N) is 1. The van der Waals surface area contributed by atoms with Crippen LogP contribution in [0, 0.1) is 6.92 Å². The Hall–Kier alpha value is -0.860. The number of aryl methyl sites for hydroxylation is 1. The summed E-state index contributed by atoms with van der Waals surface area (Å²) >= 11 is 0. The fourth-order valence-corrected chi connectivity index (χ4v) is 1.53. The van der Waals surface area contributed by atoms with Gasteiger partial charge in [-0.05, 0) is 13.3 Å². The SMILES string of the molecule is CCCCCCN=C(N)NCCc1nc(C)no1.I. The lowest BCUT2D eigenvalue weighted by atomic mass is 10.2. The first-order chi connectivity index (χ1) is 8.72. The first-order valence-corrected chi connectivity index (χ1v) is 6.55. The molecule has 110 valence electrons. The van der Waals surface area contributed by atoms with E-state index in [0.29, 0.717) is 30.6 Å². The van der Waals surface area contributed by atoms with Crippen LogP contribution in [0.3, 0.4) is 0 Å². The van der Waals surface area contributed by atoms with E-state index < -0.39 is 0 Å². The minimum atomic E-state index is 0. The average molecular weight is 381 g/mol. The Morgan fingerprint density at radius 3 is 2.79 bits per heavy atom. The molecule has 0 atom stereocenters. The van der Waals surface area contributed by atoms with Gasteiger partial charge in [0.25, 0.3) is 0 Å². The average Bonchev–Trinajstić information content (AvgIpc) is 2.75. The molecule has 0 radical (unpaired) electrons. The molecule has 0 saturated carbocycles. The third-order valence-corrected chi connectivity index (χ3v) is 2.51. The predicted octanol–water partition coefficient (Wildman–Crippen LogP) is 2.02. The van der Waals surface area contributed by atoms with Gasteiger partial charge in [-0.15, -0.1) is 24.0 Å². The maximum Gasteiger partial charge on any atom is 0.228 e. The maximum absolute atomic E-state index is 5.73. The van der Waals surface area contributed by atoms with E-state index in [4.69, 9.17) is 10.3 Å². The van der Waals surface area contributed by atoms with Crippen molar-refractivity contribution in [1.82, 2.24) is 15.5 Å². The highest BCUT2D eigenvalue weighted by molar-refractivity contribution is 14.0. The number of guanidine groups is 1. The highest BCUT2D eigenvalue weighted by atomic mass is 127. The van der Waals surface area contributed by atoms with E-state index in [1.165, 1.54) is 19.3 Å². The summed E-state index contributed by atoms with van der Waals surface area (Å²) in [5.41, 5.74) is 5.73. The van der Waals surface area contributed by atoms with E-state index >= 15 is 0 Å². The molecule has 0 aliphatic carbocycles. The number of halogens is 1. The highest BCUT2D eigenvalue weighted by Crippen LogP contribution is 1.98. The van der Waals surface area contributed by atoms with Crippen LogP contribution in [0.15, 0.2) is 9.52 Å². The van der Waals surface area contributed by atoms with Gasteiger partial charge in [-0.25, -0.2) is 0 Å². The molecule has 0 spiro atoms. The topological polar surface area (TPSA) is 89.3 Å². The molecule has 0 fully saturated rings. The number of hydrogen-bond acceptors (Lipinski definition) is 4. The first kappa shape index (κ1) is 18.1. The second kappa shape index (κ2) is 11.0. The number of aliphatic imine (C=N–C) groups is 1. The third kappa shape index (κ3) is 8.79. The molecule has 3 N–H and O–H groups in total. The van der Waals surface area contributed by atoms with E-state index in [9.17, 15) is 0 Å². The molecule has 1 aromatic heterocycles. The maximum atomic E-state index is 5.73. The standard InChI is InChI=1S/C12H23N5O.HI/c1-3-4-5-6-8-14-12(13)15-9-7-11-16-10(2)17-18-11;/h3-9H2,1-2H3,(H3,13,14,15);1H. The quantitative estimate of drug-likeness (QED) is 0.311. The Labute approximate surface area is 131 Å². The zero-order valence-electron chi connectivity index (χ0n) is 11.7. The molecule has 0 aliphatic rings. The van der Waals surface area contributed by atoms with Crippen molar-refractivity contribution in [2.75, 3.05) is 13.1 Å². The van der Waals surface area contributed by atoms with Gasteiger partial charge in [-0.3, -0.25) is 4.99 Å². The molecule has 19 heavy (non-hydrogen) atoms. The van der Waals surface area contributed by atoms with Gasteiger partial charge in [0.15, 0.2) is 11.8 Å². The lowest BCUT2D eigenvalue weighted by Crippen LogP contribution is -2.33. The Bertz CT molecular complexity index is 367. The molecule has 0 aromatic carbocycles. The van der Waals surface area contributed by atoms with Gasteiger partial charge >= 0.3 is 0 Å². The van der Waals surface area contributed by atoms with Crippen LogP contribution in [0.1, 0.15) is 44.3 Å². The molecule has 0 saturated heterocycles. The summed E-state index contributed by atoms with van der Waals surface area (Å²) in [6.07, 6.45) is 5.47. The molecule has 0 aliphatic heterocycles. The van der Waals surface area contributed by atoms with Crippen molar-refractivity contribution in [3.63, 3.8) is 0 Å². The Morgan fingerprint density at radius 2 is 2.16 bits per heavy atom. The van der Waals surface area contributed by atoms with Crippen LogP contribution in [-0.4, -0.2) is 29.2 Å². The van der Waals surface area contributed by atoms with E-state index in [0.717, 1.165) is 13.0 Å². The van der Waals surface area contributed by atoms with Crippen molar-refractivity contribution < 1.29 is 4.52 Å². The van der Waals surface area contributed by atoms with Gasteiger partial charge in [0.2, 0.25) is 5.89 Å². The Kier molecular flexibility index (Phi) is 10.5. The Balaban J connectivity index is 0.00000324. The summed E-state index contributed by atoms with van der Waals surface area (Å²) in [5, 5.41) is 6.75. The van der Waals surface area contributed by atoms with Crippen molar-refractivity contribution >= 4 is 29.9 Å². The zero-order chi connectivity index (χ0) is 13.2. The van der Waals surface area contributed by atoms with Gasteiger partial charge in [-0.2, -0.15) is 4.98 Å². The van der Waals surface area contributed by atoms with Gasteiger partial charge in [-0.1, -0.05) is 31.3 Å². The van der Waals surface area contributed by atoms with Gasteiger partial charge in [0.1, 0.15) is 0 Å². The number of aromatic nitrogens is 2. The number of unbranched alkanes of at least 4 members (excludes halogenated alkanes) is 3.